The molecule has 1 saturated heterocycles. The third kappa shape index (κ3) is 3.93. The Balaban J connectivity index is 1.79. The van der Waals surface area contributed by atoms with Crippen LogP contribution in [0.5, 0.6) is 0 Å². The van der Waals surface area contributed by atoms with Gasteiger partial charge in [-0.2, -0.15) is 0 Å². The van der Waals surface area contributed by atoms with Gasteiger partial charge in [0.2, 0.25) is 5.91 Å². The predicted molar refractivity (Wildman–Crippen MR) is 75.8 cm³/mol. The highest BCUT2D eigenvalue weighted by Gasteiger charge is 2.35. The fourth-order valence-electron chi connectivity index (χ4n) is 3.13. The van der Waals surface area contributed by atoms with Gasteiger partial charge in [0.25, 0.3) is 0 Å². The highest BCUT2D eigenvalue weighted by molar-refractivity contribution is 5.83. The molecule has 1 aliphatic heterocycles. The van der Waals surface area contributed by atoms with Crippen LogP contribution in [0.25, 0.3) is 0 Å². The second-order valence-corrected chi connectivity index (χ2v) is 6.34. The van der Waals surface area contributed by atoms with E-state index < -0.39 is 0 Å². The van der Waals surface area contributed by atoms with Crippen LogP contribution < -0.4 is 5.32 Å². The fraction of sp³-hybridized carbons (Fsp3) is 0.933. The molecule has 1 aliphatic carbocycles. The molecule has 1 amide bonds. The van der Waals surface area contributed by atoms with Crippen molar-refractivity contribution in [1.82, 2.24) is 10.2 Å². The van der Waals surface area contributed by atoms with Crippen molar-refractivity contribution in [3.8, 4) is 0 Å². The van der Waals surface area contributed by atoms with E-state index in [1.54, 1.807) is 0 Å². The Hall–Kier alpha value is -0.610. The zero-order chi connectivity index (χ0) is 13.8. The molecule has 0 aromatic heterocycles. The van der Waals surface area contributed by atoms with Gasteiger partial charge in [-0.15, -0.1) is 0 Å². The van der Waals surface area contributed by atoms with Crippen LogP contribution in [0.15, 0.2) is 0 Å². The molecule has 2 fully saturated rings. The van der Waals surface area contributed by atoms with Gasteiger partial charge in [0.05, 0.1) is 24.9 Å². The first-order valence-electron chi connectivity index (χ1n) is 7.76. The molecule has 0 spiro atoms. The van der Waals surface area contributed by atoms with Gasteiger partial charge >= 0.3 is 0 Å². The molecule has 2 rings (SSSR count). The van der Waals surface area contributed by atoms with Crippen LogP contribution in [-0.4, -0.2) is 42.3 Å². The van der Waals surface area contributed by atoms with E-state index in [1.807, 2.05) is 11.8 Å². The fourth-order valence-corrected chi connectivity index (χ4v) is 3.13. The van der Waals surface area contributed by atoms with Gasteiger partial charge in [0.15, 0.2) is 0 Å². The van der Waals surface area contributed by atoms with Gasteiger partial charge in [0.1, 0.15) is 0 Å². The number of carbonyl (C=O) groups excluding carboxylic acids is 1. The summed E-state index contributed by atoms with van der Waals surface area (Å²) in [5.74, 6) is 0.814. The molecular formula is C15H28N2O2. The van der Waals surface area contributed by atoms with Gasteiger partial charge in [-0.1, -0.05) is 26.7 Å². The van der Waals surface area contributed by atoms with Crippen molar-refractivity contribution in [2.45, 2.75) is 71.2 Å². The van der Waals surface area contributed by atoms with Crippen molar-refractivity contribution in [1.29, 1.82) is 0 Å². The number of nitrogens with zero attached hydrogens (tertiary/aromatic N) is 1. The van der Waals surface area contributed by atoms with Crippen molar-refractivity contribution in [3.05, 3.63) is 0 Å². The lowest BCUT2D eigenvalue weighted by Crippen LogP contribution is -2.40. The molecule has 0 radical (unpaired) electrons. The summed E-state index contributed by atoms with van der Waals surface area (Å²) in [5, 5.41) is 3.38. The van der Waals surface area contributed by atoms with Crippen molar-refractivity contribution in [2.24, 2.45) is 5.92 Å². The highest BCUT2D eigenvalue weighted by Crippen LogP contribution is 2.21. The first kappa shape index (κ1) is 14.8. The van der Waals surface area contributed by atoms with Gasteiger partial charge in [0, 0.05) is 6.54 Å². The van der Waals surface area contributed by atoms with Gasteiger partial charge < -0.3 is 9.64 Å². The first-order chi connectivity index (χ1) is 9.08. The summed E-state index contributed by atoms with van der Waals surface area (Å²) in [7, 11) is 0. The average Bonchev–Trinajstić information content (AvgIpc) is 2.92. The van der Waals surface area contributed by atoms with Crippen molar-refractivity contribution in [3.63, 3.8) is 0 Å². The maximum atomic E-state index is 12.1. The Morgan fingerprint density at radius 2 is 2.05 bits per heavy atom. The Bertz CT molecular complexity index is 301. The summed E-state index contributed by atoms with van der Waals surface area (Å²) in [6, 6.07) is -0.0461. The number of carbonyl (C=O) groups is 1. The number of rotatable bonds is 6. The second kappa shape index (κ2) is 6.71. The monoisotopic (exact) mass is 268 g/mol. The SMILES string of the molecule is CC(C)CC1NC(C)C(=O)N1CCOC1CCCC1. The van der Waals surface area contributed by atoms with Crippen LogP contribution in [0, 0.1) is 5.92 Å². The topological polar surface area (TPSA) is 41.6 Å². The summed E-state index contributed by atoms with van der Waals surface area (Å²) in [6.45, 7) is 7.75. The Labute approximate surface area is 116 Å². The summed E-state index contributed by atoms with van der Waals surface area (Å²) < 4.78 is 5.88. The molecule has 110 valence electrons. The maximum Gasteiger partial charge on any atom is 0.240 e. The van der Waals surface area contributed by atoms with Crippen LogP contribution >= 0.6 is 0 Å². The lowest BCUT2D eigenvalue weighted by molar-refractivity contribution is -0.131. The van der Waals surface area contributed by atoms with Crippen LogP contribution in [0.2, 0.25) is 0 Å². The third-order valence-electron chi connectivity index (χ3n) is 4.15. The van der Waals surface area contributed by atoms with E-state index in [2.05, 4.69) is 19.2 Å². The molecule has 0 aromatic carbocycles. The van der Waals surface area contributed by atoms with Gasteiger partial charge in [-0.3, -0.25) is 10.1 Å². The minimum Gasteiger partial charge on any atom is -0.376 e. The van der Waals surface area contributed by atoms with E-state index in [0.717, 1.165) is 13.0 Å². The molecule has 0 aromatic rings. The predicted octanol–water partition coefficient (Wildman–Crippen LogP) is 2.14. The van der Waals surface area contributed by atoms with E-state index in [1.165, 1.54) is 25.7 Å². The van der Waals surface area contributed by atoms with Crippen LogP contribution in [-0.2, 0) is 9.53 Å². The van der Waals surface area contributed by atoms with Crippen molar-refractivity contribution < 1.29 is 9.53 Å². The molecule has 4 nitrogen and oxygen atoms in total. The number of hydrogen-bond donors (Lipinski definition) is 1. The van der Waals surface area contributed by atoms with Crippen LogP contribution in [0.4, 0.5) is 0 Å². The van der Waals surface area contributed by atoms with E-state index >= 15 is 0 Å². The zero-order valence-electron chi connectivity index (χ0n) is 12.5. The van der Waals surface area contributed by atoms with E-state index in [4.69, 9.17) is 4.74 Å². The van der Waals surface area contributed by atoms with E-state index in [9.17, 15) is 4.79 Å². The highest BCUT2D eigenvalue weighted by atomic mass is 16.5. The molecule has 2 atom stereocenters. The van der Waals surface area contributed by atoms with Crippen LogP contribution in [0.1, 0.15) is 52.9 Å². The lowest BCUT2D eigenvalue weighted by Gasteiger charge is -2.26. The molecule has 1 heterocycles. The number of nitrogens with one attached hydrogen (secondary N) is 1. The van der Waals surface area contributed by atoms with Gasteiger partial charge in [-0.05, 0) is 32.1 Å². The Kier molecular flexibility index (Phi) is 5.22. The van der Waals surface area contributed by atoms with Crippen molar-refractivity contribution in [2.75, 3.05) is 13.2 Å². The molecule has 0 bridgehead atoms. The van der Waals surface area contributed by atoms with Crippen molar-refractivity contribution >= 4 is 5.91 Å². The molecule has 4 heteroatoms. The summed E-state index contributed by atoms with van der Waals surface area (Å²) in [6.07, 6.45) is 6.61. The van der Waals surface area contributed by atoms with E-state index in [0.29, 0.717) is 18.6 Å². The molecule has 1 saturated carbocycles. The molecule has 2 unspecified atom stereocenters. The summed E-state index contributed by atoms with van der Waals surface area (Å²) >= 11 is 0. The normalized spacial score (nSPS) is 28.8. The third-order valence-corrected chi connectivity index (χ3v) is 4.15. The Morgan fingerprint density at radius 1 is 1.37 bits per heavy atom. The standard InChI is InChI=1S/C15H28N2O2/c1-11(2)10-14-16-12(3)15(18)17(14)8-9-19-13-6-4-5-7-13/h11-14,16H,4-10H2,1-3H3. The second-order valence-electron chi connectivity index (χ2n) is 6.34. The largest absolute Gasteiger partial charge is 0.376 e. The molecule has 19 heavy (non-hydrogen) atoms. The summed E-state index contributed by atoms with van der Waals surface area (Å²) in [4.78, 5) is 14.1. The quantitative estimate of drug-likeness (QED) is 0.802. The summed E-state index contributed by atoms with van der Waals surface area (Å²) in [5.41, 5.74) is 0. The number of ether oxygens (including phenoxy) is 1. The molecule has 1 N–H and O–H groups in total. The number of hydrogen-bond acceptors (Lipinski definition) is 3. The smallest absolute Gasteiger partial charge is 0.240 e. The zero-order valence-corrected chi connectivity index (χ0v) is 12.5. The lowest BCUT2D eigenvalue weighted by atomic mass is 10.1. The minimum atomic E-state index is -0.0461. The average molecular weight is 268 g/mol. The number of amides is 1. The van der Waals surface area contributed by atoms with E-state index in [-0.39, 0.29) is 18.1 Å². The molecule has 2 aliphatic rings. The maximum absolute atomic E-state index is 12.1. The molecular weight excluding hydrogens is 240 g/mol. The van der Waals surface area contributed by atoms with Crippen LogP contribution in [0.3, 0.4) is 0 Å². The van der Waals surface area contributed by atoms with Gasteiger partial charge in [-0.25, -0.2) is 0 Å². The minimum absolute atomic E-state index is 0.0461. The Morgan fingerprint density at radius 3 is 2.68 bits per heavy atom. The first-order valence-corrected chi connectivity index (χ1v) is 7.76.